The van der Waals surface area contributed by atoms with Gasteiger partial charge in [-0.15, -0.1) is 11.3 Å². The number of fused-ring (bicyclic) bond motifs is 1. The molecule has 4 rings (SSSR count). The number of thiophene rings is 1. The first-order valence-corrected chi connectivity index (χ1v) is 11.8. The molecule has 1 aliphatic rings. The lowest BCUT2D eigenvalue weighted by Crippen LogP contribution is -2.50. The molecule has 0 saturated carbocycles. The Morgan fingerprint density at radius 3 is 2.59 bits per heavy atom. The zero-order valence-corrected chi connectivity index (χ0v) is 18.7. The minimum absolute atomic E-state index is 0.174. The highest BCUT2D eigenvalue weighted by Crippen LogP contribution is 2.39. The molecule has 1 unspecified atom stereocenters. The monoisotopic (exact) mass is 426 g/mol. The lowest BCUT2D eigenvalue weighted by Gasteiger charge is -2.35. The van der Waals surface area contributed by atoms with E-state index in [2.05, 4.69) is 58.4 Å². The lowest BCUT2D eigenvalue weighted by atomic mass is 10.1. The quantitative estimate of drug-likeness (QED) is 0.449. The third-order valence-electron chi connectivity index (χ3n) is 5.47. The van der Waals surface area contributed by atoms with E-state index in [4.69, 9.17) is 0 Å². The summed E-state index contributed by atoms with van der Waals surface area (Å²) in [6, 6.07) is 8.52. The summed E-state index contributed by atoms with van der Waals surface area (Å²) in [5.41, 5.74) is 3.54. The number of likely N-dealkylation sites (N-methyl/N-ethyl adjacent to an activating group) is 1. The van der Waals surface area contributed by atoms with Gasteiger partial charge in [0.25, 0.3) is 0 Å². The van der Waals surface area contributed by atoms with Crippen LogP contribution in [0.4, 0.5) is 0 Å². The SMILES string of the molecule is CCN1CCN(C(=O)C(C)Sc2ncnc3scc(-c4ccc(C)cc4)c23)CC1. The van der Waals surface area contributed by atoms with Crippen molar-refractivity contribution in [2.45, 2.75) is 31.0 Å². The molecule has 1 atom stereocenters. The second-order valence-electron chi connectivity index (χ2n) is 7.39. The number of carbonyl (C=O) groups is 1. The van der Waals surface area contributed by atoms with Gasteiger partial charge < -0.3 is 9.80 Å². The van der Waals surface area contributed by atoms with Gasteiger partial charge in [-0.3, -0.25) is 4.79 Å². The molecule has 1 aromatic carbocycles. The van der Waals surface area contributed by atoms with E-state index < -0.39 is 0 Å². The Hall–Kier alpha value is -1.96. The smallest absolute Gasteiger partial charge is 0.235 e. The number of benzene rings is 1. The van der Waals surface area contributed by atoms with Crippen LogP contribution in [-0.2, 0) is 4.79 Å². The Morgan fingerprint density at radius 1 is 1.17 bits per heavy atom. The fraction of sp³-hybridized carbons (Fsp3) is 0.409. The Morgan fingerprint density at radius 2 is 1.90 bits per heavy atom. The van der Waals surface area contributed by atoms with Gasteiger partial charge in [-0.2, -0.15) is 0 Å². The number of piperazine rings is 1. The van der Waals surface area contributed by atoms with Gasteiger partial charge in [-0.25, -0.2) is 9.97 Å². The Bertz CT molecular complexity index is 994. The average Bonchev–Trinajstić information content (AvgIpc) is 3.19. The third-order valence-corrected chi connectivity index (χ3v) is 7.44. The highest BCUT2D eigenvalue weighted by molar-refractivity contribution is 8.00. The molecular weight excluding hydrogens is 400 g/mol. The second-order valence-corrected chi connectivity index (χ2v) is 9.58. The molecule has 2 aromatic heterocycles. The van der Waals surface area contributed by atoms with Gasteiger partial charge in [-0.05, 0) is 26.0 Å². The molecular formula is C22H26N4OS2. The predicted molar refractivity (Wildman–Crippen MR) is 122 cm³/mol. The van der Waals surface area contributed by atoms with Crippen molar-refractivity contribution in [2.24, 2.45) is 0 Å². The zero-order valence-electron chi connectivity index (χ0n) is 17.1. The standard InChI is InChI=1S/C22H26N4OS2/c1-4-25-9-11-26(12-10-25)22(27)16(3)29-21-19-18(13-28-20(19)23-14-24-21)17-7-5-15(2)6-8-17/h5-8,13-14,16H,4,9-12H2,1-3H3. The van der Waals surface area contributed by atoms with E-state index in [1.165, 1.54) is 5.56 Å². The number of hydrogen-bond acceptors (Lipinski definition) is 6. The minimum atomic E-state index is -0.174. The van der Waals surface area contributed by atoms with E-state index in [1.807, 2.05) is 11.8 Å². The third kappa shape index (κ3) is 4.32. The number of hydrogen-bond donors (Lipinski definition) is 0. The molecule has 5 nitrogen and oxygen atoms in total. The molecule has 152 valence electrons. The minimum Gasteiger partial charge on any atom is -0.339 e. The molecule has 0 N–H and O–H groups in total. The molecule has 1 aliphatic heterocycles. The van der Waals surface area contributed by atoms with Gasteiger partial charge in [0, 0.05) is 37.1 Å². The number of carbonyl (C=O) groups excluding carboxylic acids is 1. The van der Waals surface area contributed by atoms with Crippen molar-refractivity contribution in [3.63, 3.8) is 0 Å². The van der Waals surface area contributed by atoms with Gasteiger partial charge in [0.05, 0.1) is 10.6 Å². The van der Waals surface area contributed by atoms with E-state index in [-0.39, 0.29) is 11.2 Å². The molecule has 1 fully saturated rings. The van der Waals surface area contributed by atoms with Crippen molar-refractivity contribution in [2.75, 3.05) is 32.7 Å². The van der Waals surface area contributed by atoms with Gasteiger partial charge in [0.2, 0.25) is 5.91 Å². The van der Waals surface area contributed by atoms with Crippen molar-refractivity contribution in [3.05, 3.63) is 41.5 Å². The maximum atomic E-state index is 13.0. The van der Waals surface area contributed by atoms with Crippen molar-refractivity contribution in [3.8, 4) is 11.1 Å². The first-order valence-electron chi connectivity index (χ1n) is 10.0. The fourth-order valence-corrected chi connectivity index (χ4v) is 5.64. The highest BCUT2D eigenvalue weighted by Gasteiger charge is 2.26. The van der Waals surface area contributed by atoms with Crippen LogP contribution in [0.2, 0.25) is 0 Å². The van der Waals surface area contributed by atoms with Gasteiger partial charge in [0.1, 0.15) is 16.2 Å². The van der Waals surface area contributed by atoms with Crippen LogP contribution < -0.4 is 0 Å². The summed E-state index contributed by atoms with van der Waals surface area (Å²) in [6.07, 6.45) is 1.61. The van der Waals surface area contributed by atoms with E-state index in [0.29, 0.717) is 0 Å². The summed E-state index contributed by atoms with van der Waals surface area (Å²) in [5, 5.41) is 3.92. The predicted octanol–water partition coefficient (Wildman–Crippen LogP) is 4.31. The summed E-state index contributed by atoms with van der Waals surface area (Å²) < 4.78 is 0. The Labute approximate surface area is 180 Å². The average molecular weight is 427 g/mol. The summed E-state index contributed by atoms with van der Waals surface area (Å²) in [5.74, 6) is 0.199. The summed E-state index contributed by atoms with van der Waals surface area (Å²) >= 11 is 3.18. The topological polar surface area (TPSA) is 49.3 Å². The van der Waals surface area contributed by atoms with Crippen LogP contribution in [0, 0.1) is 6.92 Å². The zero-order chi connectivity index (χ0) is 20.4. The fourth-order valence-electron chi connectivity index (χ4n) is 3.64. The molecule has 1 saturated heterocycles. The highest BCUT2D eigenvalue weighted by atomic mass is 32.2. The molecule has 0 bridgehead atoms. The van der Waals surface area contributed by atoms with Crippen LogP contribution in [0.15, 0.2) is 41.0 Å². The first kappa shape index (κ1) is 20.3. The normalized spacial score (nSPS) is 16.3. The van der Waals surface area contributed by atoms with E-state index in [0.717, 1.165) is 59.1 Å². The van der Waals surface area contributed by atoms with Crippen molar-refractivity contribution in [1.82, 2.24) is 19.8 Å². The van der Waals surface area contributed by atoms with Crippen molar-refractivity contribution in [1.29, 1.82) is 0 Å². The van der Waals surface area contributed by atoms with Crippen LogP contribution >= 0.6 is 23.1 Å². The number of aromatic nitrogens is 2. The largest absolute Gasteiger partial charge is 0.339 e. The molecule has 0 radical (unpaired) electrons. The van der Waals surface area contributed by atoms with Crippen LogP contribution in [0.5, 0.6) is 0 Å². The van der Waals surface area contributed by atoms with Crippen molar-refractivity contribution >= 4 is 39.2 Å². The van der Waals surface area contributed by atoms with Crippen molar-refractivity contribution < 1.29 is 4.79 Å². The summed E-state index contributed by atoms with van der Waals surface area (Å²) in [6.45, 7) is 10.8. The van der Waals surface area contributed by atoms with E-state index >= 15 is 0 Å². The molecule has 29 heavy (non-hydrogen) atoms. The molecule has 3 heterocycles. The number of nitrogens with zero attached hydrogens (tertiary/aromatic N) is 4. The molecule has 0 aliphatic carbocycles. The van der Waals surface area contributed by atoms with Crippen LogP contribution in [-0.4, -0.2) is 63.6 Å². The van der Waals surface area contributed by atoms with Gasteiger partial charge >= 0.3 is 0 Å². The van der Waals surface area contributed by atoms with Gasteiger partial charge in [-0.1, -0.05) is 48.5 Å². The maximum absolute atomic E-state index is 13.0. The molecule has 7 heteroatoms. The molecule has 0 spiro atoms. The number of aryl methyl sites for hydroxylation is 1. The van der Waals surface area contributed by atoms with Crippen LogP contribution in [0.25, 0.3) is 21.3 Å². The summed E-state index contributed by atoms with van der Waals surface area (Å²) in [7, 11) is 0. The number of rotatable bonds is 5. The number of amides is 1. The Balaban J connectivity index is 1.57. The Kier molecular flexibility index (Phi) is 6.18. The molecule has 1 amide bonds. The summed E-state index contributed by atoms with van der Waals surface area (Å²) in [4.78, 5) is 27.4. The maximum Gasteiger partial charge on any atom is 0.235 e. The van der Waals surface area contributed by atoms with Gasteiger partial charge in [0.15, 0.2) is 0 Å². The van der Waals surface area contributed by atoms with Crippen LogP contribution in [0.1, 0.15) is 19.4 Å². The second kappa shape index (κ2) is 8.81. The lowest BCUT2D eigenvalue weighted by molar-refractivity contribution is -0.132. The van der Waals surface area contributed by atoms with E-state index in [1.54, 1.807) is 29.4 Å². The molecule has 3 aromatic rings. The van der Waals surface area contributed by atoms with Crippen LogP contribution in [0.3, 0.4) is 0 Å². The van der Waals surface area contributed by atoms with E-state index in [9.17, 15) is 4.79 Å². The first-order chi connectivity index (χ1) is 14.1. The number of thioether (sulfide) groups is 1.